The monoisotopic (exact) mass is 634 g/mol. The number of sulfonamides is 1. The summed E-state index contributed by atoms with van der Waals surface area (Å²) in [7, 11) is -3.79. The van der Waals surface area contributed by atoms with E-state index in [1.807, 2.05) is 26.0 Å². The maximum Gasteiger partial charge on any atom is 0.430 e. The van der Waals surface area contributed by atoms with Crippen molar-refractivity contribution in [1.29, 1.82) is 0 Å². The molecule has 1 atom stereocenters. The van der Waals surface area contributed by atoms with Crippen molar-refractivity contribution in [2.75, 3.05) is 10.0 Å². The number of carbonyl (C=O) groups is 2. The van der Waals surface area contributed by atoms with E-state index in [0.29, 0.717) is 27.0 Å². The van der Waals surface area contributed by atoms with E-state index in [1.165, 1.54) is 24.3 Å². The Labute approximate surface area is 244 Å². The molecule has 3 rings (SSSR count). The first-order valence-corrected chi connectivity index (χ1v) is 13.9. The van der Waals surface area contributed by atoms with Gasteiger partial charge in [0, 0.05) is 16.9 Å². The number of carboxylic acid groups (broad SMARTS) is 1. The molecule has 0 spiro atoms. The molecule has 0 aliphatic heterocycles. The highest BCUT2D eigenvalue weighted by atomic mass is 35.5. The number of alkyl halides is 3. The Morgan fingerprint density at radius 2 is 1.44 bits per heavy atom. The molecule has 222 valence electrons. The van der Waals surface area contributed by atoms with Gasteiger partial charge >= 0.3 is 12.2 Å². The highest BCUT2D eigenvalue weighted by Gasteiger charge is 2.28. The molecule has 0 unspecified atom stereocenters. The summed E-state index contributed by atoms with van der Waals surface area (Å²) < 4.78 is 59.6. The molecule has 0 aliphatic carbocycles. The lowest BCUT2D eigenvalue weighted by molar-refractivity contribution is -0.475. The molecular formula is C26H27Cl2F3N4O5S. The molecule has 0 bridgehead atoms. The minimum absolute atomic E-state index is 0.0686. The molecule has 0 saturated heterocycles. The van der Waals surface area contributed by atoms with Gasteiger partial charge in [0.2, 0.25) is 0 Å². The fourth-order valence-electron chi connectivity index (χ4n) is 3.22. The predicted molar refractivity (Wildman–Crippen MR) is 148 cm³/mol. The van der Waals surface area contributed by atoms with Gasteiger partial charge in [0.1, 0.15) is 11.5 Å². The summed E-state index contributed by atoms with van der Waals surface area (Å²) in [4.78, 5) is 21.2. The first kappa shape index (κ1) is 33.7. The van der Waals surface area contributed by atoms with Crippen molar-refractivity contribution < 1.29 is 42.0 Å². The molecule has 0 saturated carbocycles. The lowest BCUT2D eigenvalue weighted by Crippen LogP contribution is -2.66. The van der Waals surface area contributed by atoms with E-state index in [9.17, 15) is 26.4 Å². The summed E-state index contributed by atoms with van der Waals surface area (Å²) >= 11 is 12.2. The Morgan fingerprint density at radius 3 is 1.93 bits per heavy atom. The molecule has 3 aromatic rings. The number of carboxylic acids is 1. The molecule has 15 heteroatoms. The van der Waals surface area contributed by atoms with Crippen molar-refractivity contribution in [2.24, 2.45) is 0 Å². The number of hydrogen-bond acceptors (Lipinski definition) is 5. The van der Waals surface area contributed by atoms with E-state index in [2.05, 4.69) is 21.1 Å². The molecule has 0 heterocycles. The zero-order chi connectivity index (χ0) is 31.2. The molecule has 2 amide bonds. The molecule has 6 N–H and O–H groups in total. The number of rotatable bonds is 7. The lowest BCUT2D eigenvalue weighted by atomic mass is 9.96. The van der Waals surface area contributed by atoms with Crippen LogP contribution in [0.5, 0.6) is 0 Å². The summed E-state index contributed by atoms with van der Waals surface area (Å²) in [5, 5.41) is 15.0. The van der Waals surface area contributed by atoms with E-state index < -0.39 is 34.2 Å². The van der Waals surface area contributed by atoms with E-state index in [-0.39, 0.29) is 10.4 Å². The van der Waals surface area contributed by atoms with E-state index >= 15 is 0 Å². The topological polar surface area (TPSA) is 155 Å². The summed E-state index contributed by atoms with van der Waals surface area (Å²) in [6, 6.07) is 17.3. The van der Waals surface area contributed by atoms with Crippen LogP contribution >= 0.6 is 23.2 Å². The molecule has 0 radical (unpaired) electrons. The average molecular weight is 635 g/mol. The summed E-state index contributed by atoms with van der Waals surface area (Å²) in [5.74, 6) is -3.01. The lowest BCUT2D eigenvalue weighted by Gasteiger charge is -2.17. The fraction of sp³-hybridized carbons (Fsp3) is 0.231. The second kappa shape index (κ2) is 13.4. The number of hydrogen-bond donors (Lipinski definition) is 4. The van der Waals surface area contributed by atoms with Crippen LogP contribution in [0.1, 0.15) is 37.9 Å². The largest absolute Gasteiger partial charge is 0.542 e. The van der Waals surface area contributed by atoms with Crippen LogP contribution in [0.25, 0.3) is 0 Å². The summed E-state index contributed by atoms with van der Waals surface area (Å²) in [6.07, 6.45) is -5.19. The van der Waals surface area contributed by atoms with Crippen molar-refractivity contribution in [2.45, 2.75) is 43.4 Å². The molecule has 3 aromatic carbocycles. The van der Waals surface area contributed by atoms with Gasteiger partial charge in [0.15, 0.2) is 0 Å². The normalized spacial score (nSPS) is 12.4. The number of anilines is 2. The maximum atomic E-state index is 12.7. The number of aliphatic carboxylic acids is 1. The number of benzene rings is 3. The van der Waals surface area contributed by atoms with Gasteiger partial charge in [-0.15, -0.1) is 0 Å². The number of urea groups is 1. The third kappa shape index (κ3) is 10.1. The van der Waals surface area contributed by atoms with Crippen LogP contribution in [-0.4, -0.2) is 26.6 Å². The van der Waals surface area contributed by atoms with Gasteiger partial charge in [0.25, 0.3) is 10.0 Å². The predicted octanol–water partition coefficient (Wildman–Crippen LogP) is 4.45. The van der Waals surface area contributed by atoms with Gasteiger partial charge in [0.05, 0.1) is 21.0 Å². The van der Waals surface area contributed by atoms with Crippen LogP contribution in [0.2, 0.25) is 10.0 Å². The van der Waals surface area contributed by atoms with Crippen molar-refractivity contribution in [3.8, 4) is 0 Å². The minimum atomic E-state index is -5.19. The van der Waals surface area contributed by atoms with Crippen LogP contribution in [0, 0.1) is 0 Å². The SMILES string of the molecule is C[C@H](NC(=O)Nc1ccc(S(=O)(=O)Nc2ccc(C(C)(C)[NH3+])cc2)cc1)c1cccc(Cl)c1Cl.O=C([O-])C(F)(F)F. The number of halogens is 5. The smallest absolute Gasteiger partial charge is 0.430 e. The number of quaternary nitrogens is 1. The fourth-order valence-corrected chi connectivity index (χ4v) is 4.75. The maximum absolute atomic E-state index is 12.7. The van der Waals surface area contributed by atoms with Crippen molar-refractivity contribution in [1.82, 2.24) is 5.32 Å². The summed E-state index contributed by atoms with van der Waals surface area (Å²) in [5.41, 5.74) is 6.36. The van der Waals surface area contributed by atoms with E-state index in [4.69, 9.17) is 33.1 Å². The quantitative estimate of drug-likeness (QED) is 0.302. The van der Waals surface area contributed by atoms with E-state index in [0.717, 1.165) is 5.56 Å². The highest BCUT2D eigenvalue weighted by Crippen LogP contribution is 2.30. The van der Waals surface area contributed by atoms with Crippen molar-refractivity contribution in [3.63, 3.8) is 0 Å². The Kier molecular flexibility index (Phi) is 11.0. The second-order valence-electron chi connectivity index (χ2n) is 9.34. The second-order valence-corrected chi connectivity index (χ2v) is 11.8. The van der Waals surface area contributed by atoms with Crippen molar-refractivity contribution in [3.05, 3.63) is 87.9 Å². The van der Waals surface area contributed by atoms with Gasteiger partial charge in [-0.3, -0.25) is 4.72 Å². The Hall–Kier alpha value is -3.52. The summed E-state index contributed by atoms with van der Waals surface area (Å²) in [6.45, 7) is 5.74. The van der Waals surface area contributed by atoms with Gasteiger partial charge in [-0.25, -0.2) is 13.2 Å². The Morgan fingerprint density at radius 1 is 0.927 bits per heavy atom. The third-order valence-corrected chi connectivity index (χ3v) is 7.60. The van der Waals surface area contributed by atoms with Crippen LogP contribution in [0.15, 0.2) is 71.6 Å². The number of nitrogens with one attached hydrogen (secondary N) is 3. The van der Waals surface area contributed by atoms with Crippen LogP contribution in [-0.2, 0) is 20.4 Å². The number of amides is 2. The zero-order valence-electron chi connectivity index (χ0n) is 22.0. The molecule has 41 heavy (non-hydrogen) atoms. The highest BCUT2D eigenvalue weighted by molar-refractivity contribution is 7.92. The van der Waals surface area contributed by atoms with Crippen LogP contribution in [0.4, 0.5) is 29.3 Å². The van der Waals surface area contributed by atoms with Gasteiger partial charge in [-0.05, 0) is 68.8 Å². The Bertz CT molecular complexity index is 1480. The Balaban J connectivity index is 0.000000745. The molecule has 0 fully saturated rings. The van der Waals surface area contributed by atoms with Crippen molar-refractivity contribution >= 4 is 56.6 Å². The number of carbonyl (C=O) groups excluding carboxylic acids is 2. The molecular weight excluding hydrogens is 608 g/mol. The van der Waals surface area contributed by atoms with E-state index in [1.54, 1.807) is 37.3 Å². The standard InChI is InChI=1S/C24H26Cl2N4O3S.C2HF3O2/c1-15(20-5-4-6-21(25)22(20)26)28-23(31)29-17-11-13-19(14-12-17)34(32,33)30-18-9-7-16(8-10-18)24(2,3)27;3-2(4,5)1(6)7/h4-15,30H,27H2,1-3H3,(H2,28,29,31);(H,6,7)/t15-;/m0./s1. The third-order valence-electron chi connectivity index (χ3n) is 5.37. The first-order valence-electron chi connectivity index (χ1n) is 11.7. The zero-order valence-corrected chi connectivity index (χ0v) is 24.3. The van der Waals surface area contributed by atoms with Gasteiger partial charge < -0.3 is 26.3 Å². The molecule has 9 nitrogen and oxygen atoms in total. The average Bonchev–Trinajstić information content (AvgIpc) is 2.85. The van der Waals surface area contributed by atoms with Gasteiger partial charge in [-0.2, -0.15) is 13.2 Å². The minimum Gasteiger partial charge on any atom is -0.542 e. The first-order chi connectivity index (χ1) is 18.8. The molecule has 0 aliphatic rings. The molecule has 0 aromatic heterocycles. The van der Waals surface area contributed by atoms with Crippen LogP contribution < -0.4 is 26.2 Å². The van der Waals surface area contributed by atoms with Gasteiger partial charge in [-0.1, -0.05) is 47.5 Å². The van der Waals surface area contributed by atoms with Crippen LogP contribution in [0.3, 0.4) is 0 Å².